The van der Waals surface area contributed by atoms with Crippen molar-refractivity contribution in [1.82, 2.24) is 0 Å². The summed E-state index contributed by atoms with van der Waals surface area (Å²) in [6, 6.07) is 7.13. The smallest absolute Gasteiger partial charge is 0.333 e. The Balaban J connectivity index is 2.10. The predicted octanol–water partition coefficient (Wildman–Crippen LogP) is 6.36. The number of hydrogen-bond donors (Lipinski definition) is 1. The van der Waals surface area contributed by atoms with Crippen LogP contribution in [0.15, 0.2) is 30.3 Å². The van der Waals surface area contributed by atoms with Crippen LogP contribution >= 0.6 is 58.0 Å². The van der Waals surface area contributed by atoms with Crippen LogP contribution in [0.4, 0.5) is 5.69 Å². The van der Waals surface area contributed by atoms with Gasteiger partial charge in [-0.1, -0.05) is 58.0 Å². The highest BCUT2D eigenvalue weighted by atomic mass is 35.5. The monoisotopic (exact) mass is 411 g/mol. The third-order valence-electron chi connectivity index (χ3n) is 2.82. The van der Waals surface area contributed by atoms with Crippen LogP contribution in [-0.2, 0) is 4.79 Å². The fourth-order valence-corrected chi connectivity index (χ4v) is 2.90. The zero-order chi connectivity index (χ0) is 17.1. The number of carbonyl (C=O) groups is 1. The molecule has 0 saturated heterocycles. The first-order chi connectivity index (χ1) is 10.8. The summed E-state index contributed by atoms with van der Waals surface area (Å²) in [5, 5.41) is 4.40. The van der Waals surface area contributed by atoms with Gasteiger partial charge >= 0.3 is 5.97 Å². The number of esters is 1. The molecule has 0 bridgehead atoms. The lowest BCUT2D eigenvalue weighted by molar-refractivity contribution is -0.134. The summed E-state index contributed by atoms with van der Waals surface area (Å²) in [6.07, 6.45) is 0. The Morgan fingerprint density at radius 3 is 2.13 bits per heavy atom. The number of benzene rings is 2. The van der Waals surface area contributed by atoms with Gasteiger partial charge in [0, 0.05) is 10.7 Å². The van der Waals surface area contributed by atoms with E-state index in [1.807, 2.05) is 0 Å². The quantitative estimate of drug-likeness (QED) is 0.468. The number of anilines is 1. The minimum atomic E-state index is -0.671. The molecule has 1 atom stereocenters. The van der Waals surface area contributed by atoms with Crippen LogP contribution in [0.2, 0.25) is 25.1 Å². The molecule has 0 heterocycles. The van der Waals surface area contributed by atoms with E-state index in [-0.39, 0.29) is 15.8 Å². The van der Waals surface area contributed by atoms with Crippen LogP contribution in [0, 0.1) is 0 Å². The summed E-state index contributed by atoms with van der Waals surface area (Å²) >= 11 is 29.5. The molecule has 23 heavy (non-hydrogen) atoms. The molecule has 0 spiro atoms. The second-order valence-corrected chi connectivity index (χ2v) is 6.68. The van der Waals surface area contributed by atoms with Crippen molar-refractivity contribution in [3.63, 3.8) is 0 Å². The third kappa shape index (κ3) is 4.82. The maximum Gasteiger partial charge on any atom is 0.333 e. The van der Waals surface area contributed by atoms with Gasteiger partial charge in [-0.25, -0.2) is 4.79 Å². The van der Waals surface area contributed by atoms with E-state index in [1.165, 1.54) is 12.1 Å². The Morgan fingerprint density at radius 1 is 0.957 bits per heavy atom. The SMILES string of the molecule is C[C@H](Nc1ccc(Cl)c(Cl)c1)C(=O)Oc1c(Cl)cc(Cl)cc1Cl. The maximum atomic E-state index is 12.2. The summed E-state index contributed by atoms with van der Waals surface area (Å²) in [5.74, 6) is -0.507. The van der Waals surface area contributed by atoms with E-state index in [2.05, 4.69) is 5.32 Å². The zero-order valence-electron chi connectivity index (χ0n) is 11.7. The van der Waals surface area contributed by atoms with Crippen molar-refractivity contribution >= 4 is 69.7 Å². The van der Waals surface area contributed by atoms with Crippen molar-refractivity contribution in [3.05, 3.63) is 55.4 Å². The Bertz CT molecular complexity index is 728. The van der Waals surface area contributed by atoms with Crippen LogP contribution in [0.5, 0.6) is 5.75 Å². The molecule has 122 valence electrons. The summed E-state index contributed by atoms with van der Waals surface area (Å²) in [4.78, 5) is 12.2. The molecule has 0 aliphatic heterocycles. The highest BCUT2D eigenvalue weighted by Gasteiger charge is 2.19. The van der Waals surface area contributed by atoms with Gasteiger partial charge in [-0.15, -0.1) is 0 Å². The van der Waals surface area contributed by atoms with E-state index in [4.69, 9.17) is 62.7 Å². The van der Waals surface area contributed by atoms with Gasteiger partial charge in [0.2, 0.25) is 0 Å². The Kier molecular flexibility index (Phi) is 6.29. The number of ether oxygens (including phenoxy) is 1. The molecule has 0 saturated carbocycles. The van der Waals surface area contributed by atoms with Crippen LogP contribution in [0.3, 0.4) is 0 Å². The number of nitrogens with one attached hydrogen (secondary N) is 1. The minimum absolute atomic E-state index is 0.0607. The average molecular weight is 414 g/mol. The van der Waals surface area contributed by atoms with Crippen molar-refractivity contribution in [2.24, 2.45) is 0 Å². The van der Waals surface area contributed by atoms with Crippen LogP contribution in [0.25, 0.3) is 0 Å². The minimum Gasteiger partial charge on any atom is -0.422 e. The summed E-state index contributed by atoms with van der Waals surface area (Å²) in [5.41, 5.74) is 0.622. The first-order valence-corrected chi connectivity index (χ1v) is 8.24. The number of rotatable bonds is 4. The van der Waals surface area contributed by atoms with Gasteiger partial charge in [0.05, 0.1) is 20.1 Å². The lowest BCUT2D eigenvalue weighted by Gasteiger charge is -2.16. The Hall–Kier alpha value is -0.840. The van der Waals surface area contributed by atoms with Crippen LogP contribution in [0.1, 0.15) is 6.92 Å². The predicted molar refractivity (Wildman–Crippen MR) is 96.7 cm³/mol. The molecule has 8 heteroatoms. The Morgan fingerprint density at radius 2 is 1.57 bits per heavy atom. The standard InChI is InChI=1S/C15H10Cl5NO2/c1-7(21-9-2-3-10(17)11(18)6-9)15(22)23-14-12(19)4-8(16)5-13(14)20/h2-7,21H,1H3/t7-/m0/s1. The average Bonchev–Trinajstić information content (AvgIpc) is 2.46. The van der Waals surface area contributed by atoms with E-state index in [0.29, 0.717) is 20.8 Å². The lowest BCUT2D eigenvalue weighted by atomic mass is 10.2. The second-order valence-electron chi connectivity index (χ2n) is 4.61. The molecule has 0 aromatic heterocycles. The largest absolute Gasteiger partial charge is 0.422 e. The molecule has 2 rings (SSSR count). The fraction of sp³-hybridized carbons (Fsp3) is 0.133. The van der Waals surface area contributed by atoms with Crippen LogP contribution < -0.4 is 10.1 Å². The van der Waals surface area contributed by atoms with E-state index < -0.39 is 12.0 Å². The first-order valence-electron chi connectivity index (χ1n) is 6.35. The van der Waals surface area contributed by atoms with Gasteiger partial charge in [0.15, 0.2) is 5.75 Å². The maximum absolute atomic E-state index is 12.2. The molecule has 0 fully saturated rings. The molecule has 0 amide bonds. The number of halogens is 5. The van der Waals surface area contributed by atoms with Gasteiger partial charge in [-0.2, -0.15) is 0 Å². The zero-order valence-corrected chi connectivity index (χ0v) is 15.5. The summed E-state index contributed by atoms with van der Waals surface area (Å²) < 4.78 is 5.24. The summed E-state index contributed by atoms with van der Waals surface area (Å²) in [7, 11) is 0. The topological polar surface area (TPSA) is 38.3 Å². The molecule has 3 nitrogen and oxygen atoms in total. The fourth-order valence-electron chi connectivity index (χ4n) is 1.71. The lowest BCUT2D eigenvalue weighted by Crippen LogP contribution is -2.30. The number of carbonyl (C=O) groups excluding carboxylic acids is 1. The van der Waals surface area contributed by atoms with Gasteiger partial charge in [-0.3, -0.25) is 0 Å². The first kappa shape index (κ1) is 18.5. The number of hydrogen-bond acceptors (Lipinski definition) is 3. The normalized spacial score (nSPS) is 11.9. The molecular formula is C15H10Cl5NO2. The highest BCUT2D eigenvalue weighted by molar-refractivity contribution is 6.42. The van der Waals surface area contributed by atoms with Gasteiger partial charge in [-0.05, 0) is 37.3 Å². The van der Waals surface area contributed by atoms with Gasteiger partial charge < -0.3 is 10.1 Å². The van der Waals surface area contributed by atoms with Crippen molar-refractivity contribution in [1.29, 1.82) is 0 Å². The van der Waals surface area contributed by atoms with E-state index >= 15 is 0 Å². The third-order valence-corrected chi connectivity index (χ3v) is 4.34. The second kappa shape index (κ2) is 7.82. The van der Waals surface area contributed by atoms with Crippen molar-refractivity contribution in [2.45, 2.75) is 13.0 Å². The Labute approximate surface area is 158 Å². The van der Waals surface area contributed by atoms with E-state index in [9.17, 15) is 4.79 Å². The molecule has 0 radical (unpaired) electrons. The molecule has 0 unspecified atom stereocenters. The van der Waals surface area contributed by atoms with Crippen molar-refractivity contribution in [2.75, 3.05) is 5.32 Å². The van der Waals surface area contributed by atoms with Gasteiger partial charge in [0.1, 0.15) is 6.04 Å². The molecule has 2 aromatic rings. The molecule has 0 aliphatic rings. The van der Waals surface area contributed by atoms with Crippen LogP contribution in [-0.4, -0.2) is 12.0 Å². The molecule has 2 aromatic carbocycles. The summed E-state index contributed by atoms with van der Waals surface area (Å²) in [6.45, 7) is 1.63. The van der Waals surface area contributed by atoms with Crippen molar-refractivity contribution in [3.8, 4) is 5.75 Å². The highest BCUT2D eigenvalue weighted by Crippen LogP contribution is 2.36. The van der Waals surface area contributed by atoms with E-state index in [1.54, 1.807) is 25.1 Å². The molecular weight excluding hydrogens is 403 g/mol. The van der Waals surface area contributed by atoms with E-state index in [0.717, 1.165) is 0 Å². The molecule has 1 N–H and O–H groups in total. The van der Waals surface area contributed by atoms with Gasteiger partial charge in [0.25, 0.3) is 0 Å². The molecule has 0 aliphatic carbocycles. The van der Waals surface area contributed by atoms with Crippen molar-refractivity contribution < 1.29 is 9.53 Å².